The Labute approximate surface area is 125 Å². The molecule has 1 amide bonds. The van der Waals surface area contributed by atoms with Crippen LogP contribution in [0.1, 0.15) is 18.2 Å². The summed E-state index contributed by atoms with van der Waals surface area (Å²) in [5.74, 6) is 0.0879. The third-order valence-corrected chi connectivity index (χ3v) is 4.10. The number of para-hydroxylation sites is 1. The van der Waals surface area contributed by atoms with Gasteiger partial charge in [0, 0.05) is 24.9 Å². The summed E-state index contributed by atoms with van der Waals surface area (Å²) < 4.78 is 5.19. The molecule has 0 N–H and O–H groups in total. The molecule has 0 bridgehead atoms. The minimum absolute atomic E-state index is 0.0887. The molecule has 0 spiro atoms. The molecule has 1 aliphatic heterocycles. The van der Waals surface area contributed by atoms with Gasteiger partial charge in [0.25, 0.3) is 0 Å². The van der Waals surface area contributed by atoms with Gasteiger partial charge < -0.3 is 4.74 Å². The van der Waals surface area contributed by atoms with E-state index in [4.69, 9.17) is 4.74 Å². The van der Waals surface area contributed by atoms with Crippen molar-refractivity contribution >= 4 is 40.0 Å². The zero-order chi connectivity index (χ0) is 15.0. The molecular weight excluding hydrogens is 288 g/mol. The normalized spacial score (nSPS) is 15.0. The summed E-state index contributed by atoms with van der Waals surface area (Å²) in [5.41, 5.74) is 1.87. The Morgan fingerprint density at radius 3 is 2.90 bits per heavy atom. The molecule has 0 aliphatic carbocycles. The van der Waals surface area contributed by atoms with Crippen molar-refractivity contribution in [3.8, 4) is 5.75 Å². The van der Waals surface area contributed by atoms with Gasteiger partial charge in [0.15, 0.2) is 5.13 Å². The zero-order valence-electron chi connectivity index (χ0n) is 11.5. The lowest BCUT2D eigenvalue weighted by molar-refractivity contribution is -0.127. The average molecular weight is 300 g/mol. The molecule has 2 heterocycles. The first-order chi connectivity index (χ1) is 10.1. The van der Waals surface area contributed by atoms with Gasteiger partial charge in [-0.05, 0) is 12.1 Å². The number of rotatable bonds is 2. The highest BCUT2D eigenvalue weighted by atomic mass is 32.1. The standard InChI is InChI=1S/C15H12N2O3S/c1-9(18)17(2)15-16-10(8-21-15)7-12-11-5-3-4-6-13(11)20-14(12)19/h3-8H,1-2H3. The van der Waals surface area contributed by atoms with Crippen LogP contribution in [0, 0.1) is 0 Å². The van der Waals surface area contributed by atoms with E-state index < -0.39 is 0 Å². The fraction of sp³-hybridized carbons (Fsp3) is 0.133. The second-order valence-electron chi connectivity index (χ2n) is 4.58. The lowest BCUT2D eigenvalue weighted by Crippen LogP contribution is -2.22. The molecule has 6 heteroatoms. The van der Waals surface area contributed by atoms with Gasteiger partial charge in [-0.25, -0.2) is 9.78 Å². The molecule has 3 rings (SSSR count). The van der Waals surface area contributed by atoms with Crippen molar-refractivity contribution in [1.82, 2.24) is 4.98 Å². The number of carbonyl (C=O) groups is 2. The topological polar surface area (TPSA) is 59.5 Å². The molecule has 0 saturated heterocycles. The molecule has 1 aliphatic rings. The smallest absolute Gasteiger partial charge is 0.344 e. The quantitative estimate of drug-likeness (QED) is 0.486. The van der Waals surface area contributed by atoms with E-state index in [2.05, 4.69) is 4.98 Å². The summed E-state index contributed by atoms with van der Waals surface area (Å²) in [4.78, 5) is 29.0. The zero-order valence-corrected chi connectivity index (χ0v) is 12.3. The molecule has 0 saturated carbocycles. The van der Waals surface area contributed by atoms with E-state index in [9.17, 15) is 9.59 Å². The van der Waals surface area contributed by atoms with Crippen molar-refractivity contribution in [2.45, 2.75) is 6.92 Å². The molecule has 0 unspecified atom stereocenters. The van der Waals surface area contributed by atoms with Crippen LogP contribution in [0.4, 0.5) is 5.13 Å². The number of hydrogen-bond acceptors (Lipinski definition) is 5. The second-order valence-corrected chi connectivity index (χ2v) is 5.41. The molecule has 0 fully saturated rings. The summed E-state index contributed by atoms with van der Waals surface area (Å²) in [7, 11) is 1.66. The molecule has 21 heavy (non-hydrogen) atoms. The van der Waals surface area contributed by atoms with Gasteiger partial charge >= 0.3 is 5.97 Å². The SMILES string of the molecule is CC(=O)N(C)c1nc(C=C2C(=O)Oc3ccccc32)cs1. The highest BCUT2D eigenvalue weighted by molar-refractivity contribution is 7.14. The van der Waals surface area contributed by atoms with Crippen molar-refractivity contribution in [2.75, 3.05) is 11.9 Å². The molecule has 5 nitrogen and oxygen atoms in total. The molecule has 2 aromatic rings. The fourth-order valence-electron chi connectivity index (χ4n) is 1.96. The van der Waals surface area contributed by atoms with Crippen molar-refractivity contribution in [2.24, 2.45) is 0 Å². The maximum Gasteiger partial charge on any atom is 0.344 e. The lowest BCUT2D eigenvalue weighted by atomic mass is 10.1. The van der Waals surface area contributed by atoms with Crippen LogP contribution in [0.3, 0.4) is 0 Å². The van der Waals surface area contributed by atoms with E-state index in [-0.39, 0.29) is 11.9 Å². The maximum atomic E-state index is 11.9. The fourth-order valence-corrected chi connectivity index (χ4v) is 2.75. The van der Waals surface area contributed by atoms with Gasteiger partial charge in [-0.2, -0.15) is 0 Å². The minimum Gasteiger partial charge on any atom is -0.422 e. The van der Waals surface area contributed by atoms with Gasteiger partial charge in [0.05, 0.1) is 11.3 Å². The van der Waals surface area contributed by atoms with Gasteiger partial charge in [0.2, 0.25) is 5.91 Å². The predicted octanol–water partition coefficient (Wildman–Crippen LogP) is 2.59. The van der Waals surface area contributed by atoms with E-state index in [1.54, 1.807) is 24.6 Å². The predicted molar refractivity (Wildman–Crippen MR) is 81.1 cm³/mol. The van der Waals surface area contributed by atoms with Crippen LogP contribution < -0.4 is 9.64 Å². The van der Waals surface area contributed by atoms with E-state index in [0.717, 1.165) is 5.56 Å². The third kappa shape index (κ3) is 2.45. The first-order valence-electron chi connectivity index (χ1n) is 6.29. The number of carbonyl (C=O) groups excluding carboxylic acids is 2. The Balaban J connectivity index is 1.96. The molecule has 0 radical (unpaired) electrons. The largest absolute Gasteiger partial charge is 0.422 e. The lowest BCUT2D eigenvalue weighted by Gasteiger charge is -2.09. The van der Waals surface area contributed by atoms with Crippen LogP contribution in [-0.4, -0.2) is 23.9 Å². The van der Waals surface area contributed by atoms with Crippen molar-refractivity contribution in [3.63, 3.8) is 0 Å². The highest BCUT2D eigenvalue weighted by Gasteiger charge is 2.26. The van der Waals surface area contributed by atoms with E-state index >= 15 is 0 Å². The molecule has 1 aromatic heterocycles. The number of esters is 1. The van der Waals surface area contributed by atoms with Crippen LogP contribution in [0.2, 0.25) is 0 Å². The highest BCUT2D eigenvalue weighted by Crippen LogP contribution is 2.35. The molecule has 0 atom stereocenters. The summed E-state index contributed by atoms with van der Waals surface area (Å²) in [6, 6.07) is 7.26. The Kier molecular flexibility index (Phi) is 3.31. The Hall–Kier alpha value is -2.47. The van der Waals surface area contributed by atoms with Crippen LogP contribution >= 0.6 is 11.3 Å². The van der Waals surface area contributed by atoms with Crippen LogP contribution in [0.25, 0.3) is 11.6 Å². The number of nitrogens with zero attached hydrogens (tertiary/aromatic N) is 2. The van der Waals surface area contributed by atoms with Crippen LogP contribution in [0.5, 0.6) is 5.75 Å². The van der Waals surface area contributed by atoms with E-state index in [0.29, 0.717) is 22.1 Å². The average Bonchev–Trinajstić information content (AvgIpc) is 3.04. The number of anilines is 1. The number of aromatic nitrogens is 1. The van der Waals surface area contributed by atoms with Crippen molar-refractivity contribution in [3.05, 3.63) is 40.9 Å². The first-order valence-corrected chi connectivity index (χ1v) is 7.17. The summed E-state index contributed by atoms with van der Waals surface area (Å²) in [5, 5.41) is 2.39. The Morgan fingerprint density at radius 1 is 1.38 bits per heavy atom. The Morgan fingerprint density at radius 2 is 2.14 bits per heavy atom. The molecule has 106 valence electrons. The molecule has 1 aromatic carbocycles. The summed E-state index contributed by atoms with van der Waals surface area (Å²) in [6.45, 7) is 1.48. The number of benzene rings is 1. The Bertz CT molecular complexity index is 764. The number of thiazole rings is 1. The van der Waals surface area contributed by atoms with Gasteiger partial charge in [-0.1, -0.05) is 18.2 Å². The minimum atomic E-state index is -0.384. The number of ether oxygens (including phenoxy) is 1. The number of hydrogen-bond donors (Lipinski definition) is 0. The monoisotopic (exact) mass is 300 g/mol. The van der Waals surface area contributed by atoms with Crippen molar-refractivity contribution in [1.29, 1.82) is 0 Å². The summed E-state index contributed by atoms with van der Waals surface area (Å²) in [6.07, 6.45) is 1.68. The van der Waals surface area contributed by atoms with Crippen molar-refractivity contribution < 1.29 is 14.3 Å². The van der Waals surface area contributed by atoms with Gasteiger partial charge in [0.1, 0.15) is 5.75 Å². The number of amides is 1. The third-order valence-electron chi connectivity index (χ3n) is 3.16. The maximum absolute atomic E-state index is 11.9. The van der Waals surface area contributed by atoms with Gasteiger partial charge in [-0.15, -0.1) is 11.3 Å². The van der Waals surface area contributed by atoms with Crippen LogP contribution in [0.15, 0.2) is 29.6 Å². The number of fused-ring (bicyclic) bond motifs is 1. The second kappa shape index (κ2) is 5.14. The summed E-state index contributed by atoms with van der Waals surface area (Å²) >= 11 is 1.35. The van der Waals surface area contributed by atoms with E-state index in [1.165, 1.54) is 23.2 Å². The van der Waals surface area contributed by atoms with Crippen LogP contribution in [-0.2, 0) is 9.59 Å². The van der Waals surface area contributed by atoms with Gasteiger partial charge in [-0.3, -0.25) is 9.69 Å². The molecular formula is C15H12N2O3S. The van der Waals surface area contributed by atoms with E-state index in [1.807, 2.05) is 18.2 Å². The first kappa shape index (κ1) is 13.5.